The van der Waals surface area contributed by atoms with Crippen molar-refractivity contribution in [2.75, 3.05) is 6.54 Å². The van der Waals surface area contributed by atoms with E-state index in [1.807, 2.05) is 5.38 Å². The van der Waals surface area contributed by atoms with Crippen LogP contribution in [0.1, 0.15) is 12.5 Å². The molecule has 0 amide bonds. The minimum absolute atomic E-state index is 0.104. The van der Waals surface area contributed by atoms with Crippen molar-refractivity contribution in [2.45, 2.75) is 17.4 Å². The van der Waals surface area contributed by atoms with E-state index in [2.05, 4.69) is 14.9 Å². The Bertz CT molecular complexity index is 883. The molecule has 0 aliphatic carbocycles. The van der Waals surface area contributed by atoms with E-state index in [0.29, 0.717) is 11.1 Å². The van der Waals surface area contributed by atoms with Crippen LogP contribution in [0.15, 0.2) is 46.1 Å². The van der Waals surface area contributed by atoms with Crippen LogP contribution in [0.3, 0.4) is 0 Å². The van der Waals surface area contributed by atoms with Gasteiger partial charge in [-0.1, -0.05) is 0 Å². The minimum Gasteiger partial charge on any atom is -0.384 e. The molecule has 6 nitrogen and oxygen atoms in total. The Morgan fingerprint density at radius 1 is 1.41 bits per heavy atom. The molecule has 0 bridgehead atoms. The zero-order chi connectivity index (χ0) is 15.8. The van der Waals surface area contributed by atoms with Gasteiger partial charge in [0.05, 0.1) is 16.6 Å². The second-order valence-electron chi connectivity index (χ2n) is 5.23. The summed E-state index contributed by atoms with van der Waals surface area (Å²) in [6, 6.07) is 6.49. The second kappa shape index (κ2) is 5.47. The summed E-state index contributed by atoms with van der Waals surface area (Å²) in [5.41, 5.74) is 0.0715. The van der Waals surface area contributed by atoms with Gasteiger partial charge in [0.2, 0.25) is 10.0 Å². The molecule has 1 aromatic carbocycles. The Kier molecular flexibility index (Phi) is 3.77. The van der Waals surface area contributed by atoms with E-state index in [-0.39, 0.29) is 11.4 Å². The molecule has 116 valence electrons. The molecule has 2 heterocycles. The van der Waals surface area contributed by atoms with E-state index >= 15 is 0 Å². The van der Waals surface area contributed by atoms with Crippen LogP contribution in [0.25, 0.3) is 10.9 Å². The largest absolute Gasteiger partial charge is 0.384 e. The molecule has 0 radical (unpaired) electrons. The molecule has 3 aromatic rings. The standard InChI is InChI=1S/C14H15N3O3S2/c1-14(18,11-4-5-21-8-11)9-16-22(19,20)12-3-2-10-7-15-17-13(10)6-12/h2-8,16,18H,9H2,1H3,(H,15,17). The molecule has 0 aliphatic rings. The smallest absolute Gasteiger partial charge is 0.240 e. The molecule has 3 rings (SSSR count). The second-order valence-corrected chi connectivity index (χ2v) is 7.78. The van der Waals surface area contributed by atoms with Crippen molar-refractivity contribution in [3.63, 3.8) is 0 Å². The van der Waals surface area contributed by atoms with Gasteiger partial charge in [0, 0.05) is 11.9 Å². The SMILES string of the molecule is CC(O)(CNS(=O)(=O)c1ccc2cn[nH]c2c1)c1ccsc1. The number of hydrogen-bond acceptors (Lipinski definition) is 5. The van der Waals surface area contributed by atoms with Gasteiger partial charge in [-0.3, -0.25) is 5.10 Å². The number of hydrogen-bond donors (Lipinski definition) is 3. The van der Waals surface area contributed by atoms with Gasteiger partial charge in [-0.2, -0.15) is 16.4 Å². The fourth-order valence-corrected chi connectivity index (χ4v) is 4.02. The van der Waals surface area contributed by atoms with Gasteiger partial charge >= 0.3 is 0 Å². The van der Waals surface area contributed by atoms with Crippen molar-refractivity contribution in [3.8, 4) is 0 Å². The first-order valence-corrected chi connectivity index (χ1v) is 8.99. The summed E-state index contributed by atoms with van der Waals surface area (Å²) < 4.78 is 27.2. The third-order valence-electron chi connectivity index (χ3n) is 3.47. The maximum atomic E-state index is 12.4. The zero-order valence-electron chi connectivity index (χ0n) is 11.8. The molecule has 0 spiro atoms. The Morgan fingerprint density at radius 3 is 2.95 bits per heavy atom. The number of nitrogens with one attached hydrogen (secondary N) is 2. The summed E-state index contributed by atoms with van der Waals surface area (Å²) in [6.07, 6.45) is 1.63. The van der Waals surface area contributed by atoms with E-state index in [1.165, 1.54) is 23.5 Å². The van der Waals surface area contributed by atoms with Crippen LogP contribution in [0, 0.1) is 0 Å². The van der Waals surface area contributed by atoms with Crippen molar-refractivity contribution in [2.24, 2.45) is 0 Å². The van der Waals surface area contributed by atoms with E-state index in [4.69, 9.17) is 0 Å². The maximum Gasteiger partial charge on any atom is 0.240 e. The maximum absolute atomic E-state index is 12.4. The number of aromatic nitrogens is 2. The van der Waals surface area contributed by atoms with Gasteiger partial charge in [0.1, 0.15) is 5.60 Å². The van der Waals surface area contributed by atoms with Crippen LogP contribution in [0.4, 0.5) is 0 Å². The van der Waals surface area contributed by atoms with Crippen LogP contribution < -0.4 is 4.72 Å². The molecule has 3 N–H and O–H groups in total. The molecule has 2 aromatic heterocycles. The number of H-pyrrole nitrogens is 1. The average Bonchev–Trinajstić information content (AvgIpc) is 3.15. The van der Waals surface area contributed by atoms with E-state index < -0.39 is 15.6 Å². The average molecular weight is 337 g/mol. The molecular formula is C14H15N3O3S2. The van der Waals surface area contributed by atoms with Crippen LogP contribution in [0.5, 0.6) is 0 Å². The number of rotatable bonds is 5. The Morgan fingerprint density at radius 2 is 2.23 bits per heavy atom. The van der Waals surface area contributed by atoms with Crippen LogP contribution >= 0.6 is 11.3 Å². The van der Waals surface area contributed by atoms with Crippen LogP contribution in [-0.2, 0) is 15.6 Å². The number of nitrogens with zero attached hydrogens (tertiary/aromatic N) is 1. The molecule has 0 aliphatic heterocycles. The quantitative estimate of drug-likeness (QED) is 0.662. The van der Waals surface area contributed by atoms with Crippen molar-refractivity contribution < 1.29 is 13.5 Å². The van der Waals surface area contributed by atoms with E-state index in [9.17, 15) is 13.5 Å². The molecule has 8 heteroatoms. The summed E-state index contributed by atoms with van der Waals surface area (Å²) in [7, 11) is -3.71. The highest BCUT2D eigenvalue weighted by molar-refractivity contribution is 7.89. The number of aliphatic hydroxyl groups is 1. The lowest BCUT2D eigenvalue weighted by Gasteiger charge is -2.22. The van der Waals surface area contributed by atoms with Crippen molar-refractivity contribution in [1.29, 1.82) is 0 Å². The predicted molar refractivity (Wildman–Crippen MR) is 85.2 cm³/mol. The van der Waals surface area contributed by atoms with Crippen LogP contribution in [0.2, 0.25) is 0 Å². The predicted octanol–water partition coefficient (Wildman–Crippen LogP) is 1.81. The molecule has 1 unspecified atom stereocenters. The van der Waals surface area contributed by atoms with Crippen LogP contribution in [-0.4, -0.2) is 30.3 Å². The van der Waals surface area contributed by atoms with Gasteiger partial charge in [0.15, 0.2) is 0 Å². The molecule has 0 saturated heterocycles. The summed E-state index contributed by atoms with van der Waals surface area (Å²) >= 11 is 1.45. The number of aromatic amines is 1. The molecule has 0 fully saturated rings. The van der Waals surface area contributed by atoms with Crippen molar-refractivity contribution in [1.82, 2.24) is 14.9 Å². The van der Waals surface area contributed by atoms with Gasteiger partial charge in [-0.25, -0.2) is 13.1 Å². The lowest BCUT2D eigenvalue weighted by molar-refractivity contribution is 0.0632. The highest BCUT2D eigenvalue weighted by Crippen LogP contribution is 2.23. The first-order valence-electron chi connectivity index (χ1n) is 6.56. The number of sulfonamides is 1. The number of benzene rings is 1. The molecular weight excluding hydrogens is 322 g/mol. The topological polar surface area (TPSA) is 95.1 Å². The molecule has 22 heavy (non-hydrogen) atoms. The lowest BCUT2D eigenvalue weighted by atomic mass is 10.0. The highest BCUT2D eigenvalue weighted by atomic mass is 32.2. The monoisotopic (exact) mass is 337 g/mol. The molecule has 1 atom stereocenters. The van der Waals surface area contributed by atoms with Crippen molar-refractivity contribution >= 4 is 32.3 Å². The third kappa shape index (κ3) is 2.91. The lowest BCUT2D eigenvalue weighted by Crippen LogP contribution is -2.38. The molecule has 0 saturated carbocycles. The first kappa shape index (κ1) is 15.2. The Labute approximate surface area is 131 Å². The fraction of sp³-hybridized carbons (Fsp3) is 0.214. The summed E-state index contributed by atoms with van der Waals surface area (Å²) in [5, 5.41) is 21.5. The highest BCUT2D eigenvalue weighted by Gasteiger charge is 2.26. The minimum atomic E-state index is -3.71. The Hall–Kier alpha value is -1.74. The summed E-state index contributed by atoms with van der Waals surface area (Å²) in [4.78, 5) is 0.130. The Balaban J connectivity index is 1.81. The number of fused-ring (bicyclic) bond motifs is 1. The zero-order valence-corrected chi connectivity index (χ0v) is 13.4. The first-order chi connectivity index (χ1) is 10.4. The summed E-state index contributed by atoms with van der Waals surface area (Å²) in [6.45, 7) is 1.47. The third-order valence-corrected chi connectivity index (χ3v) is 5.56. The van der Waals surface area contributed by atoms with Gasteiger partial charge in [0.25, 0.3) is 0 Å². The van der Waals surface area contributed by atoms with Gasteiger partial charge < -0.3 is 5.11 Å². The van der Waals surface area contributed by atoms with E-state index in [1.54, 1.807) is 30.6 Å². The van der Waals surface area contributed by atoms with Crippen molar-refractivity contribution in [3.05, 3.63) is 46.8 Å². The van der Waals surface area contributed by atoms with Gasteiger partial charge in [-0.15, -0.1) is 0 Å². The van der Waals surface area contributed by atoms with Gasteiger partial charge in [-0.05, 0) is 47.5 Å². The normalized spacial score (nSPS) is 15.0. The van der Waals surface area contributed by atoms with E-state index in [0.717, 1.165) is 5.39 Å². The number of thiophene rings is 1. The summed E-state index contributed by atoms with van der Waals surface area (Å²) in [5.74, 6) is 0. The fourth-order valence-electron chi connectivity index (χ4n) is 2.08.